The van der Waals surface area contributed by atoms with E-state index in [1.165, 1.54) is 0 Å². The topological polar surface area (TPSA) is 54.4 Å². The molecule has 2 rings (SSSR count). The normalized spacial score (nSPS) is 23.4. The van der Waals surface area contributed by atoms with Crippen molar-refractivity contribution in [2.45, 2.75) is 20.8 Å². The van der Waals surface area contributed by atoms with Crippen molar-refractivity contribution in [1.82, 2.24) is 10.4 Å². The number of amides is 1. The van der Waals surface area contributed by atoms with Crippen molar-refractivity contribution >= 4 is 34.8 Å². The number of allylic oxidation sites excluding steroid dienone is 1. The highest BCUT2D eigenvalue weighted by Gasteiger charge is 2.60. The number of nitrogens with one attached hydrogen (secondary N) is 1. The van der Waals surface area contributed by atoms with E-state index in [4.69, 9.17) is 23.2 Å². The third-order valence-electron chi connectivity index (χ3n) is 3.93. The molecule has 6 heteroatoms. The van der Waals surface area contributed by atoms with Gasteiger partial charge in [-0.2, -0.15) is 5.10 Å². The average Bonchev–Trinajstić information content (AvgIpc) is 2.97. The summed E-state index contributed by atoms with van der Waals surface area (Å²) in [5.74, 6) is -0.248. The fraction of sp³-hybridized carbons (Fsp3) is 0.400. The molecule has 1 N–H and O–H groups in total. The molecule has 1 amide bonds. The zero-order valence-electron chi connectivity index (χ0n) is 12.1. The van der Waals surface area contributed by atoms with Crippen LogP contribution in [-0.4, -0.2) is 16.6 Å². The Hall–Kier alpha value is -1.39. The molecule has 0 aromatic carbocycles. The second-order valence-electron chi connectivity index (χ2n) is 5.69. The number of hydrogen-bond donors (Lipinski definition) is 1. The minimum atomic E-state index is -0.168. The fourth-order valence-electron chi connectivity index (χ4n) is 2.49. The van der Waals surface area contributed by atoms with Gasteiger partial charge < -0.3 is 0 Å². The molecule has 0 aliphatic heterocycles. The molecule has 4 nitrogen and oxygen atoms in total. The van der Waals surface area contributed by atoms with Gasteiger partial charge >= 0.3 is 0 Å². The zero-order chi connectivity index (χ0) is 15.6. The van der Waals surface area contributed by atoms with Crippen molar-refractivity contribution in [1.29, 1.82) is 0 Å². The lowest BCUT2D eigenvalue weighted by Crippen LogP contribution is -2.23. The van der Waals surface area contributed by atoms with Gasteiger partial charge in [-0.05, 0) is 36.5 Å². The first-order valence-electron chi connectivity index (χ1n) is 6.61. The number of rotatable bonds is 4. The van der Waals surface area contributed by atoms with Crippen LogP contribution in [0.15, 0.2) is 40.2 Å². The Kier molecular flexibility index (Phi) is 4.69. The van der Waals surface area contributed by atoms with E-state index in [2.05, 4.69) is 15.5 Å². The molecule has 1 aromatic heterocycles. The molecular formula is C15H17Cl2N3O. The summed E-state index contributed by atoms with van der Waals surface area (Å²) in [7, 11) is 0. The predicted octanol–water partition coefficient (Wildman–Crippen LogP) is 3.51. The van der Waals surface area contributed by atoms with Gasteiger partial charge in [0, 0.05) is 18.0 Å². The van der Waals surface area contributed by atoms with Crippen LogP contribution in [-0.2, 0) is 4.79 Å². The molecule has 0 unspecified atom stereocenters. The zero-order valence-corrected chi connectivity index (χ0v) is 13.6. The van der Waals surface area contributed by atoms with Gasteiger partial charge in [-0.25, -0.2) is 5.43 Å². The number of aromatic nitrogens is 1. The molecule has 112 valence electrons. The lowest BCUT2D eigenvalue weighted by Gasteiger charge is -2.03. The molecule has 1 saturated carbocycles. The largest absolute Gasteiger partial charge is 0.273 e. The lowest BCUT2D eigenvalue weighted by atomic mass is 10.1. The number of hydrazone groups is 1. The van der Waals surface area contributed by atoms with E-state index in [1.54, 1.807) is 18.5 Å². The van der Waals surface area contributed by atoms with E-state index in [0.717, 1.165) is 11.3 Å². The van der Waals surface area contributed by atoms with Crippen LogP contribution in [0.3, 0.4) is 0 Å². The van der Waals surface area contributed by atoms with Gasteiger partial charge in [0.2, 0.25) is 5.91 Å². The number of pyridine rings is 1. The number of halogens is 2. The Morgan fingerprint density at radius 2 is 2.00 bits per heavy atom. The summed E-state index contributed by atoms with van der Waals surface area (Å²) in [5, 5.41) is 4.14. The third kappa shape index (κ3) is 3.63. The van der Waals surface area contributed by atoms with Crippen LogP contribution < -0.4 is 5.43 Å². The molecule has 1 aromatic rings. The average molecular weight is 326 g/mol. The van der Waals surface area contributed by atoms with Crippen molar-refractivity contribution in [3.05, 3.63) is 40.7 Å². The summed E-state index contributed by atoms with van der Waals surface area (Å²) in [4.78, 5) is 16.1. The van der Waals surface area contributed by atoms with E-state index in [1.807, 2.05) is 32.9 Å². The summed E-state index contributed by atoms with van der Waals surface area (Å²) in [6.45, 7) is 5.85. The van der Waals surface area contributed by atoms with E-state index in [0.29, 0.717) is 0 Å². The number of hydrogen-bond acceptors (Lipinski definition) is 3. The minimum Gasteiger partial charge on any atom is -0.273 e. The maximum atomic E-state index is 12.2. The molecule has 0 bridgehead atoms. The van der Waals surface area contributed by atoms with E-state index < -0.39 is 0 Å². The summed E-state index contributed by atoms with van der Waals surface area (Å²) >= 11 is 11.4. The maximum absolute atomic E-state index is 12.2. The highest BCUT2D eigenvalue weighted by atomic mass is 35.5. The second-order valence-corrected chi connectivity index (χ2v) is 6.70. The summed E-state index contributed by atoms with van der Waals surface area (Å²) < 4.78 is 0.194. The number of carbonyl (C=O) groups is 1. The second kappa shape index (κ2) is 6.16. The van der Waals surface area contributed by atoms with Crippen LogP contribution in [0.5, 0.6) is 0 Å². The van der Waals surface area contributed by atoms with Crippen molar-refractivity contribution in [2.24, 2.45) is 22.4 Å². The maximum Gasteiger partial charge on any atom is 0.244 e. The predicted molar refractivity (Wildman–Crippen MR) is 85.1 cm³/mol. The van der Waals surface area contributed by atoms with Crippen LogP contribution in [0.2, 0.25) is 0 Å². The molecule has 1 heterocycles. The lowest BCUT2D eigenvalue weighted by molar-refractivity contribution is -0.123. The Morgan fingerprint density at radius 3 is 2.57 bits per heavy atom. The fourth-order valence-corrected chi connectivity index (χ4v) is 2.76. The van der Waals surface area contributed by atoms with Crippen molar-refractivity contribution in [3.8, 4) is 0 Å². The highest BCUT2D eigenvalue weighted by molar-refractivity contribution is 6.55. The van der Waals surface area contributed by atoms with Crippen molar-refractivity contribution < 1.29 is 4.79 Å². The van der Waals surface area contributed by atoms with Gasteiger partial charge in [0.25, 0.3) is 0 Å². The van der Waals surface area contributed by atoms with Gasteiger partial charge in [0.1, 0.15) is 4.49 Å². The summed E-state index contributed by atoms with van der Waals surface area (Å²) in [6.07, 6.45) is 5.08. The standard InChI is InChI=1S/C15H17Cl2N3O/c1-9(10-4-6-18-7-5-10)19-20-14(21)13-11(8-12(16)17)15(13,2)3/h4-8,11,13H,1-3H3,(H,20,21)/b19-9-/t11-,13-/m1/s1. The van der Waals surface area contributed by atoms with Crippen LogP contribution in [0.25, 0.3) is 0 Å². The Labute approximate surface area is 134 Å². The van der Waals surface area contributed by atoms with Gasteiger partial charge in [-0.1, -0.05) is 37.0 Å². The first-order chi connectivity index (χ1) is 9.84. The van der Waals surface area contributed by atoms with Crippen LogP contribution in [0, 0.1) is 17.3 Å². The Balaban J connectivity index is 2.02. The number of nitrogens with zero attached hydrogens (tertiary/aromatic N) is 2. The molecule has 1 aliphatic rings. The first kappa shape index (κ1) is 16.0. The highest BCUT2D eigenvalue weighted by Crippen LogP contribution is 2.59. The van der Waals surface area contributed by atoms with Gasteiger partial charge in [0.15, 0.2) is 0 Å². The SMILES string of the molecule is C/C(=N/NC(=O)[C@H]1[C@@H](C=C(Cl)Cl)C1(C)C)c1ccncc1. The molecule has 1 aliphatic carbocycles. The first-order valence-corrected chi connectivity index (χ1v) is 7.37. The minimum absolute atomic E-state index is 0.0407. The number of carbonyl (C=O) groups excluding carboxylic acids is 1. The van der Waals surface area contributed by atoms with Gasteiger partial charge in [-0.15, -0.1) is 0 Å². The van der Waals surface area contributed by atoms with Crippen LogP contribution in [0.4, 0.5) is 0 Å². The Bertz CT molecular complexity index is 592. The molecule has 21 heavy (non-hydrogen) atoms. The van der Waals surface area contributed by atoms with Crippen molar-refractivity contribution in [3.63, 3.8) is 0 Å². The molecule has 0 spiro atoms. The molecule has 0 radical (unpaired) electrons. The summed E-state index contributed by atoms with van der Waals surface area (Å²) in [6, 6.07) is 3.68. The molecular weight excluding hydrogens is 309 g/mol. The van der Waals surface area contributed by atoms with Crippen LogP contribution in [0.1, 0.15) is 26.3 Å². The molecule has 2 atom stereocenters. The van der Waals surface area contributed by atoms with Gasteiger partial charge in [-0.3, -0.25) is 9.78 Å². The van der Waals surface area contributed by atoms with E-state index >= 15 is 0 Å². The quantitative estimate of drug-likeness (QED) is 0.680. The van der Waals surface area contributed by atoms with Crippen molar-refractivity contribution in [2.75, 3.05) is 0 Å². The van der Waals surface area contributed by atoms with E-state index in [9.17, 15) is 4.79 Å². The third-order valence-corrected chi connectivity index (χ3v) is 4.18. The monoisotopic (exact) mass is 325 g/mol. The van der Waals surface area contributed by atoms with E-state index in [-0.39, 0.29) is 27.6 Å². The van der Waals surface area contributed by atoms with Crippen LogP contribution >= 0.6 is 23.2 Å². The smallest absolute Gasteiger partial charge is 0.244 e. The van der Waals surface area contributed by atoms with Gasteiger partial charge in [0.05, 0.1) is 11.6 Å². The Morgan fingerprint density at radius 1 is 1.38 bits per heavy atom. The molecule has 0 saturated heterocycles. The molecule has 1 fully saturated rings. The summed E-state index contributed by atoms with van der Waals surface area (Å²) in [5.41, 5.74) is 4.11.